The third kappa shape index (κ3) is 3.40. The number of nitriles is 1. The van der Waals surface area contributed by atoms with Crippen LogP contribution in [0.15, 0.2) is 30.3 Å². The molecule has 5 rings (SSSR count). The Labute approximate surface area is 207 Å². The van der Waals surface area contributed by atoms with E-state index >= 15 is 0 Å². The largest absolute Gasteiger partial charge is 0.493 e. The maximum Gasteiger partial charge on any atom is 0.332 e. The average Bonchev–Trinajstić information content (AvgIpc) is 3.52. The van der Waals surface area contributed by atoms with Crippen molar-refractivity contribution in [2.45, 2.75) is 37.9 Å². The van der Waals surface area contributed by atoms with E-state index in [4.69, 9.17) is 21.1 Å². The molecule has 0 aliphatic carbocycles. The summed E-state index contributed by atoms with van der Waals surface area (Å²) in [4.78, 5) is 44.5. The number of hydrogen-bond donors (Lipinski definition) is 0. The Morgan fingerprint density at radius 2 is 1.91 bits per heavy atom. The molecule has 180 valence electrons. The van der Waals surface area contributed by atoms with Crippen LogP contribution in [-0.2, 0) is 16.0 Å². The van der Waals surface area contributed by atoms with Gasteiger partial charge in [0.05, 0.1) is 49.0 Å². The molecular formula is C25H23ClN4O5. The van der Waals surface area contributed by atoms with Crippen molar-refractivity contribution in [3.63, 3.8) is 0 Å². The van der Waals surface area contributed by atoms with Crippen LogP contribution in [-0.4, -0.2) is 66.5 Å². The van der Waals surface area contributed by atoms with Crippen LogP contribution in [0.1, 0.15) is 23.1 Å². The maximum atomic E-state index is 13.5. The number of carbonyl (C=O) groups is 3. The van der Waals surface area contributed by atoms with E-state index < -0.39 is 12.1 Å². The number of benzene rings is 2. The van der Waals surface area contributed by atoms with Crippen LogP contribution in [0.5, 0.6) is 11.5 Å². The van der Waals surface area contributed by atoms with Crippen molar-refractivity contribution in [2.75, 3.05) is 25.7 Å². The van der Waals surface area contributed by atoms with Crippen LogP contribution in [0.3, 0.4) is 0 Å². The van der Waals surface area contributed by atoms with Gasteiger partial charge in [-0.05, 0) is 48.7 Å². The highest BCUT2D eigenvalue weighted by Crippen LogP contribution is 2.44. The van der Waals surface area contributed by atoms with Crippen molar-refractivity contribution >= 4 is 35.1 Å². The molecule has 35 heavy (non-hydrogen) atoms. The van der Waals surface area contributed by atoms with Crippen molar-refractivity contribution in [2.24, 2.45) is 0 Å². The highest BCUT2D eigenvalue weighted by atomic mass is 35.5. The average molecular weight is 495 g/mol. The van der Waals surface area contributed by atoms with E-state index in [1.807, 2.05) is 12.1 Å². The normalized spacial score (nSPS) is 22.5. The van der Waals surface area contributed by atoms with Crippen molar-refractivity contribution in [1.82, 2.24) is 9.80 Å². The van der Waals surface area contributed by atoms with E-state index in [1.54, 1.807) is 42.0 Å². The molecule has 3 aliphatic heterocycles. The highest BCUT2D eigenvalue weighted by Gasteiger charge is 2.62. The monoisotopic (exact) mass is 494 g/mol. The lowest BCUT2D eigenvalue weighted by Gasteiger charge is -2.35. The first-order valence-electron chi connectivity index (χ1n) is 11.2. The molecule has 9 nitrogen and oxygen atoms in total. The number of anilines is 1. The summed E-state index contributed by atoms with van der Waals surface area (Å²) in [5.41, 5.74) is 1.90. The van der Waals surface area contributed by atoms with Crippen molar-refractivity contribution in [3.05, 3.63) is 52.0 Å². The van der Waals surface area contributed by atoms with Crippen LogP contribution in [0, 0.1) is 18.3 Å². The number of nitrogens with zero attached hydrogens (tertiary/aromatic N) is 4. The summed E-state index contributed by atoms with van der Waals surface area (Å²) in [5, 5.41) is 9.43. The minimum Gasteiger partial charge on any atom is -0.493 e. The second kappa shape index (κ2) is 8.47. The predicted molar refractivity (Wildman–Crippen MR) is 127 cm³/mol. The van der Waals surface area contributed by atoms with Gasteiger partial charge < -0.3 is 19.3 Å². The molecule has 0 N–H and O–H groups in total. The van der Waals surface area contributed by atoms with Crippen LogP contribution < -0.4 is 14.4 Å². The van der Waals surface area contributed by atoms with Crippen molar-refractivity contribution < 1.29 is 23.9 Å². The van der Waals surface area contributed by atoms with E-state index in [0.717, 1.165) is 10.5 Å². The number of urea groups is 1. The number of rotatable bonds is 5. The number of halogens is 1. The number of methoxy groups -OCH3 is 2. The van der Waals surface area contributed by atoms with Crippen LogP contribution in [0.4, 0.5) is 10.5 Å². The summed E-state index contributed by atoms with van der Waals surface area (Å²) in [5.74, 6) is 0.624. The zero-order valence-corrected chi connectivity index (χ0v) is 20.2. The van der Waals surface area contributed by atoms with E-state index in [-0.39, 0.29) is 40.9 Å². The second-order valence-corrected chi connectivity index (χ2v) is 9.24. The second-order valence-electron chi connectivity index (χ2n) is 8.86. The predicted octanol–water partition coefficient (Wildman–Crippen LogP) is 2.90. The number of ether oxygens (including phenoxy) is 2. The topological polar surface area (TPSA) is 103 Å². The van der Waals surface area contributed by atoms with Crippen LogP contribution >= 0.6 is 11.6 Å². The number of hydrogen-bond acceptors (Lipinski definition) is 6. The number of imide groups is 1. The first-order valence-corrected chi connectivity index (χ1v) is 11.5. The minimum absolute atomic E-state index is 0.110. The van der Waals surface area contributed by atoms with Crippen molar-refractivity contribution in [3.8, 4) is 17.6 Å². The molecule has 4 amide bonds. The number of piperazine rings is 1. The first-order chi connectivity index (χ1) is 16.8. The Hall–Kier alpha value is -3.77. The van der Waals surface area contributed by atoms with Gasteiger partial charge in [-0.15, -0.1) is 0 Å². The van der Waals surface area contributed by atoms with Gasteiger partial charge in [0.15, 0.2) is 11.5 Å². The van der Waals surface area contributed by atoms with Gasteiger partial charge in [-0.3, -0.25) is 9.59 Å². The molecule has 0 aromatic heterocycles. The molecule has 0 radical (unpaired) electrons. The van der Waals surface area contributed by atoms with Gasteiger partial charge in [-0.25, -0.2) is 9.69 Å². The van der Waals surface area contributed by atoms with E-state index in [2.05, 4.69) is 0 Å². The quantitative estimate of drug-likeness (QED) is 0.592. The molecule has 3 atom stereocenters. The third-order valence-corrected chi connectivity index (χ3v) is 7.59. The lowest BCUT2D eigenvalue weighted by molar-refractivity contribution is -0.135. The zero-order valence-electron chi connectivity index (χ0n) is 19.4. The minimum atomic E-state index is -0.732. The number of amides is 4. The molecule has 3 saturated heterocycles. The summed E-state index contributed by atoms with van der Waals surface area (Å²) < 4.78 is 10.6. The number of carbonyl (C=O) groups excluding carboxylic acids is 3. The van der Waals surface area contributed by atoms with E-state index in [0.29, 0.717) is 35.7 Å². The molecule has 10 heteroatoms. The van der Waals surface area contributed by atoms with Gasteiger partial charge in [0.2, 0.25) is 5.91 Å². The fourth-order valence-electron chi connectivity index (χ4n) is 5.44. The fourth-order valence-corrected chi connectivity index (χ4v) is 5.64. The molecule has 3 heterocycles. The lowest BCUT2D eigenvalue weighted by Crippen LogP contribution is -2.55. The van der Waals surface area contributed by atoms with E-state index in [1.165, 1.54) is 13.2 Å². The SMILES string of the molecule is COc1ccc(CC(=O)N2C[C@H]3CC2[C@@H]2C(=O)N(c4ccc(C#N)c(Cl)c4C)C(=O)N32)cc1OC. The Morgan fingerprint density at radius 1 is 1.17 bits per heavy atom. The summed E-state index contributed by atoms with van der Waals surface area (Å²) in [7, 11) is 3.08. The van der Waals surface area contributed by atoms with Gasteiger partial charge in [0, 0.05) is 6.54 Å². The molecule has 2 bridgehead atoms. The number of fused-ring (bicyclic) bond motifs is 5. The van der Waals surface area contributed by atoms with Crippen LogP contribution in [0.2, 0.25) is 5.02 Å². The maximum absolute atomic E-state index is 13.5. The third-order valence-electron chi connectivity index (χ3n) is 7.11. The lowest BCUT2D eigenvalue weighted by atomic mass is 10.1. The zero-order chi connectivity index (χ0) is 25.0. The highest BCUT2D eigenvalue weighted by molar-refractivity contribution is 6.33. The molecule has 2 aromatic rings. The molecular weight excluding hydrogens is 472 g/mol. The smallest absolute Gasteiger partial charge is 0.332 e. The summed E-state index contributed by atoms with van der Waals surface area (Å²) >= 11 is 6.29. The Bertz CT molecular complexity index is 1310. The Morgan fingerprint density at radius 3 is 2.60 bits per heavy atom. The molecule has 2 aromatic carbocycles. The fraction of sp³-hybridized carbons (Fsp3) is 0.360. The van der Waals surface area contributed by atoms with Crippen LogP contribution in [0.25, 0.3) is 0 Å². The van der Waals surface area contributed by atoms with Gasteiger partial charge >= 0.3 is 6.03 Å². The van der Waals surface area contributed by atoms with Crippen molar-refractivity contribution in [1.29, 1.82) is 5.26 Å². The van der Waals surface area contributed by atoms with Gasteiger partial charge in [0.1, 0.15) is 12.1 Å². The van der Waals surface area contributed by atoms with E-state index in [9.17, 15) is 19.6 Å². The number of likely N-dealkylation sites (tertiary alicyclic amines) is 1. The summed E-state index contributed by atoms with van der Waals surface area (Å²) in [6, 6.07) is 8.64. The van der Waals surface area contributed by atoms with Gasteiger partial charge in [-0.2, -0.15) is 5.26 Å². The summed E-state index contributed by atoms with van der Waals surface area (Å²) in [6.45, 7) is 2.06. The molecule has 3 fully saturated rings. The Kier molecular flexibility index (Phi) is 5.56. The van der Waals surface area contributed by atoms with Gasteiger partial charge in [0.25, 0.3) is 5.91 Å². The molecule has 3 aliphatic rings. The standard InChI is InChI=1S/C25H23ClN4O5/c1-13-17(6-5-15(11-27)22(13)26)30-24(32)23-18-10-16(29(23)25(30)33)12-28(18)21(31)9-14-4-7-19(34-2)20(8-14)35-3/h4-8,16,18,23H,9-10,12H2,1-3H3/t16-,18?,23-/m1/s1. The molecule has 0 saturated carbocycles. The molecule has 0 spiro atoms. The summed E-state index contributed by atoms with van der Waals surface area (Å²) in [6.07, 6.45) is 0.716. The first kappa shape index (κ1) is 23.0. The molecule has 1 unspecified atom stereocenters. The Balaban J connectivity index is 1.38. The van der Waals surface area contributed by atoms with Gasteiger partial charge in [-0.1, -0.05) is 17.7 Å².